The Morgan fingerprint density at radius 2 is 2.00 bits per heavy atom. The molecule has 1 aromatic carbocycles. The van der Waals surface area contributed by atoms with Gasteiger partial charge in [-0.3, -0.25) is 9.36 Å². The van der Waals surface area contributed by atoms with E-state index in [-0.39, 0.29) is 17.4 Å². The lowest BCUT2D eigenvalue weighted by molar-refractivity contribution is 0.472. The van der Waals surface area contributed by atoms with Crippen molar-refractivity contribution >= 4 is 16.9 Å². The highest BCUT2D eigenvalue weighted by Crippen LogP contribution is 2.25. The molecule has 0 saturated carbocycles. The number of fused-ring (bicyclic) bond motifs is 1. The number of aromatic nitrogens is 3. The fourth-order valence-corrected chi connectivity index (χ4v) is 2.53. The zero-order chi connectivity index (χ0) is 17.4. The molecule has 2 aromatic heterocycles. The summed E-state index contributed by atoms with van der Waals surface area (Å²) in [6, 6.07) is 7.28. The lowest BCUT2D eigenvalue weighted by Crippen LogP contribution is -2.25. The van der Waals surface area contributed by atoms with Gasteiger partial charge < -0.3 is 10.4 Å². The monoisotopic (exact) mass is 324 g/mol. The van der Waals surface area contributed by atoms with Crippen LogP contribution in [0.25, 0.3) is 22.2 Å². The Balaban J connectivity index is 2.12. The lowest BCUT2D eigenvalue weighted by atomic mass is 10.1. The SMILES string of the molecule is Cc1cc2nc(-c3cnc(NC(C)C)n(C)c3=O)ccc2cc1O. The summed E-state index contributed by atoms with van der Waals surface area (Å²) in [5.41, 5.74) is 2.33. The standard InChI is InChI=1S/C18H20N4O2/c1-10(2)20-18-19-9-13(17(24)22(18)4)14-6-5-12-8-16(23)11(3)7-15(12)21-14/h5-10,23H,1-4H3,(H,19,20). The van der Waals surface area contributed by atoms with E-state index in [0.717, 1.165) is 16.5 Å². The quantitative estimate of drug-likeness (QED) is 0.774. The number of hydrogen-bond acceptors (Lipinski definition) is 5. The highest BCUT2D eigenvalue weighted by atomic mass is 16.3. The zero-order valence-electron chi connectivity index (χ0n) is 14.2. The molecular formula is C18H20N4O2. The van der Waals surface area contributed by atoms with Crippen molar-refractivity contribution < 1.29 is 5.11 Å². The van der Waals surface area contributed by atoms with Gasteiger partial charge in [0.05, 0.1) is 16.8 Å². The third-order valence-corrected chi connectivity index (χ3v) is 3.87. The van der Waals surface area contributed by atoms with Crippen molar-refractivity contribution in [1.29, 1.82) is 0 Å². The second kappa shape index (κ2) is 5.96. The Morgan fingerprint density at radius 1 is 1.25 bits per heavy atom. The van der Waals surface area contributed by atoms with Crippen LogP contribution in [0, 0.1) is 6.92 Å². The Bertz CT molecular complexity index is 977. The number of anilines is 1. The Kier molecular flexibility index (Phi) is 3.97. The molecule has 0 aliphatic heterocycles. The number of benzene rings is 1. The number of rotatable bonds is 3. The molecule has 0 atom stereocenters. The molecule has 0 amide bonds. The number of nitrogens with zero attached hydrogens (tertiary/aromatic N) is 3. The molecule has 6 nitrogen and oxygen atoms in total. The number of phenolic OH excluding ortho intramolecular Hbond substituents is 1. The molecule has 124 valence electrons. The molecule has 0 spiro atoms. The molecule has 2 N–H and O–H groups in total. The maximum Gasteiger partial charge on any atom is 0.264 e. The second-order valence-corrected chi connectivity index (χ2v) is 6.19. The summed E-state index contributed by atoms with van der Waals surface area (Å²) in [5, 5.41) is 13.8. The second-order valence-electron chi connectivity index (χ2n) is 6.19. The van der Waals surface area contributed by atoms with Crippen molar-refractivity contribution in [1.82, 2.24) is 14.5 Å². The van der Waals surface area contributed by atoms with Gasteiger partial charge in [-0.05, 0) is 44.5 Å². The van der Waals surface area contributed by atoms with Gasteiger partial charge in [0.1, 0.15) is 5.75 Å². The van der Waals surface area contributed by atoms with Crippen LogP contribution in [-0.2, 0) is 7.05 Å². The van der Waals surface area contributed by atoms with E-state index in [9.17, 15) is 9.90 Å². The lowest BCUT2D eigenvalue weighted by Gasteiger charge is -2.13. The summed E-state index contributed by atoms with van der Waals surface area (Å²) < 4.78 is 1.49. The van der Waals surface area contributed by atoms with E-state index >= 15 is 0 Å². The summed E-state index contributed by atoms with van der Waals surface area (Å²) in [5.74, 6) is 0.763. The fraction of sp³-hybridized carbons (Fsp3) is 0.278. The van der Waals surface area contributed by atoms with Gasteiger partial charge in [0.15, 0.2) is 0 Å². The molecule has 0 aliphatic carbocycles. The number of aryl methyl sites for hydroxylation is 1. The molecule has 0 fully saturated rings. The molecule has 24 heavy (non-hydrogen) atoms. The summed E-state index contributed by atoms with van der Waals surface area (Å²) >= 11 is 0. The summed E-state index contributed by atoms with van der Waals surface area (Å²) in [6.45, 7) is 5.79. The minimum atomic E-state index is -0.157. The van der Waals surface area contributed by atoms with Crippen molar-refractivity contribution in [3.63, 3.8) is 0 Å². The normalized spacial score (nSPS) is 11.2. The molecule has 0 radical (unpaired) electrons. The van der Waals surface area contributed by atoms with Crippen molar-refractivity contribution in [2.24, 2.45) is 7.05 Å². The van der Waals surface area contributed by atoms with E-state index in [4.69, 9.17) is 0 Å². The average molecular weight is 324 g/mol. The number of pyridine rings is 1. The summed E-state index contributed by atoms with van der Waals surface area (Å²) in [7, 11) is 1.69. The van der Waals surface area contributed by atoms with Crippen LogP contribution in [0.3, 0.4) is 0 Å². The first-order valence-electron chi connectivity index (χ1n) is 7.80. The summed E-state index contributed by atoms with van der Waals surface area (Å²) in [6.07, 6.45) is 1.55. The van der Waals surface area contributed by atoms with Crippen LogP contribution in [-0.4, -0.2) is 25.7 Å². The Hall–Kier alpha value is -2.89. The van der Waals surface area contributed by atoms with E-state index in [0.29, 0.717) is 17.2 Å². The summed E-state index contributed by atoms with van der Waals surface area (Å²) in [4.78, 5) is 21.5. The fourth-order valence-electron chi connectivity index (χ4n) is 2.53. The highest BCUT2D eigenvalue weighted by molar-refractivity contribution is 5.83. The molecule has 0 unspecified atom stereocenters. The van der Waals surface area contributed by atoms with Crippen LogP contribution in [0.2, 0.25) is 0 Å². The van der Waals surface area contributed by atoms with E-state index in [1.807, 2.05) is 26.8 Å². The number of phenols is 1. The van der Waals surface area contributed by atoms with Crippen molar-refractivity contribution in [2.45, 2.75) is 26.8 Å². The maximum absolute atomic E-state index is 12.6. The van der Waals surface area contributed by atoms with Crippen molar-refractivity contribution in [3.8, 4) is 17.0 Å². The molecule has 0 saturated heterocycles. The highest BCUT2D eigenvalue weighted by Gasteiger charge is 2.12. The molecule has 2 heterocycles. The van der Waals surface area contributed by atoms with Gasteiger partial charge in [0, 0.05) is 24.7 Å². The van der Waals surface area contributed by atoms with Gasteiger partial charge in [-0.15, -0.1) is 0 Å². The van der Waals surface area contributed by atoms with E-state index < -0.39 is 0 Å². The molecule has 0 aliphatic rings. The molecule has 6 heteroatoms. The van der Waals surface area contributed by atoms with Crippen LogP contribution in [0.15, 0.2) is 35.3 Å². The van der Waals surface area contributed by atoms with E-state index in [2.05, 4.69) is 15.3 Å². The van der Waals surface area contributed by atoms with Crippen LogP contribution >= 0.6 is 0 Å². The molecule has 3 rings (SSSR count). The topological polar surface area (TPSA) is 80.0 Å². The Labute approximate surface area is 139 Å². The number of nitrogens with one attached hydrogen (secondary N) is 1. The first-order chi connectivity index (χ1) is 11.4. The zero-order valence-corrected chi connectivity index (χ0v) is 14.2. The van der Waals surface area contributed by atoms with Crippen molar-refractivity contribution in [2.75, 3.05) is 5.32 Å². The van der Waals surface area contributed by atoms with E-state index in [1.165, 1.54) is 4.57 Å². The predicted molar refractivity (Wildman–Crippen MR) is 95.4 cm³/mol. The Morgan fingerprint density at radius 3 is 2.71 bits per heavy atom. The van der Waals surface area contributed by atoms with Crippen molar-refractivity contribution in [3.05, 3.63) is 46.4 Å². The maximum atomic E-state index is 12.6. The largest absolute Gasteiger partial charge is 0.508 e. The molecular weight excluding hydrogens is 304 g/mol. The molecule has 3 aromatic rings. The van der Waals surface area contributed by atoms with Crippen LogP contribution in [0.4, 0.5) is 5.95 Å². The minimum Gasteiger partial charge on any atom is -0.508 e. The molecule has 0 bridgehead atoms. The number of hydrogen-bond donors (Lipinski definition) is 2. The van der Waals surface area contributed by atoms with Gasteiger partial charge in [-0.1, -0.05) is 6.07 Å². The average Bonchev–Trinajstić information content (AvgIpc) is 2.52. The predicted octanol–water partition coefficient (Wildman–Crippen LogP) is 2.83. The first-order valence-corrected chi connectivity index (χ1v) is 7.80. The van der Waals surface area contributed by atoms with Gasteiger partial charge in [0.25, 0.3) is 5.56 Å². The third kappa shape index (κ3) is 2.82. The number of aromatic hydroxyl groups is 1. The third-order valence-electron chi connectivity index (χ3n) is 3.87. The smallest absolute Gasteiger partial charge is 0.264 e. The van der Waals surface area contributed by atoms with E-state index in [1.54, 1.807) is 31.4 Å². The van der Waals surface area contributed by atoms with Crippen LogP contribution in [0.5, 0.6) is 5.75 Å². The van der Waals surface area contributed by atoms with Crippen LogP contribution < -0.4 is 10.9 Å². The van der Waals surface area contributed by atoms with Crippen LogP contribution in [0.1, 0.15) is 19.4 Å². The van der Waals surface area contributed by atoms with Gasteiger partial charge >= 0.3 is 0 Å². The van der Waals surface area contributed by atoms with Gasteiger partial charge in [0.2, 0.25) is 5.95 Å². The van der Waals surface area contributed by atoms with Gasteiger partial charge in [-0.25, -0.2) is 9.97 Å². The first kappa shape index (κ1) is 16.0. The van der Waals surface area contributed by atoms with Gasteiger partial charge in [-0.2, -0.15) is 0 Å². The minimum absolute atomic E-state index is 0.157.